The molecule has 0 aliphatic rings. The number of hydrogen-bond acceptors (Lipinski definition) is 4. The van der Waals surface area contributed by atoms with Crippen LogP contribution in [0.25, 0.3) is 0 Å². The molecule has 1 aromatic rings. The lowest BCUT2D eigenvalue weighted by molar-refractivity contribution is 0.361. The van der Waals surface area contributed by atoms with Crippen LogP contribution in [-0.4, -0.2) is 25.3 Å². The van der Waals surface area contributed by atoms with Crippen LogP contribution in [0.15, 0.2) is 16.3 Å². The van der Waals surface area contributed by atoms with Crippen molar-refractivity contribution in [1.82, 2.24) is 4.31 Å². The molecule has 0 fully saturated rings. The van der Waals surface area contributed by atoms with Gasteiger partial charge < -0.3 is 0 Å². The summed E-state index contributed by atoms with van der Waals surface area (Å²) >= 11 is 6.77. The van der Waals surface area contributed by atoms with Gasteiger partial charge in [0.2, 0.25) is 0 Å². The van der Waals surface area contributed by atoms with Gasteiger partial charge >= 0.3 is 0 Å². The van der Waals surface area contributed by atoms with Gasteiger partial charge in [-0.15, -0.1) is 11.3 Å². The molecule has 0 bridgehead atoms. The summed E-state index contributed by atoms with van der Waals surface area (Å²) in [6.45, 7) is 3.76. The molecule has 0 aliphatic heterocycles. The van der Waals surface area contributed by atoms with Crippen LogP contribution in [0, 0.1) is 11.3 Å². The highest BCUT2D eigenvalue weighted by molar-refractivity contribution is 7.91. The topological polar surface area (TPSA) is 61.2 Å². The molecule has 0 atom stereocenters. The van der Waals surface area contributed by atoms with Gasteiger partial charge in [0, 0.05) is 19.0 Å². The molecule has 94 valence electrons. The molecule has 0 aromatic carbocycles. The van der Waals surface area contributed by atoms with E-state index in [1.807, 2.05) is 6.07 Å². The average molecular weight is 293 g/mol. The Balaban J connectivity index is 3.05. The van der Waals surface area contributed by atoms with Gasteiger partial charge in [-0.1, -0.05) is 11.6 Å². The van der Waals surface area contributed by atoms with Crippen molar-refractivity contribution in [2.24, 2.45) is 0 Å². The second-order valence-corrected chi connectivity index (χ2v) is 7.51. The molecular formula is C10H13ClN2O2S2. The first-order chi connectivity index (χ1) is 7.89. The summed E-state index contributed by atoms with van der Waals surface area (Å²) in [6, 6.07) is 4.81. The number of hydrogen-bond donors (Lipinski definition) is 0. The molecule has 4 nitrogen and oxygen atoms in total. The quantitative estimate of drug-likeness (QED) is 0.838. The van der Waals surface area contributed by atoms with E-state index in [2.05, 4.69) is 0 Å². The maximum atomic E-state index is 12.3. The van der Waals surface area contributed by atoms with Crippen LogP contribution in [0.4, 0.5) is 0 Å². The Bertz CT molecular complexity index is 517. The second kappa shape index (κ2) is 5.83. The number of nitriles is 1. The van der Waals surface area contributed by atoms with Gasteiger partial charge in [0.05, 0.1) is 10.4 Å². The van der Waals surface area contributed by atoms with Crippen LogP contribution in [-0.2, 0) is 10.0 Å². The molecular weight excluding hydrogens is 280 g/mol. The highest BCUT2D eigenvalue weighted by Gasteiger charge is 2.27. The summed E-state index contributed by atoms with van der Waals surface area (Å²) in [5, 5.41) is 8.55. The summed E-state index contributed by atoms with van der Waals surface area (Å²) in [4.78, 5) is 0. The van der Waals surface area contributed by atoms with E-state index in [0.717, 1.165) is 11.3 Å². The first-order valence-corrected chi connectivity index (χ1v) is 7.67. The second-order valence-electron chi connectivity index (χ2n) is 3.68. The van der Waals surface area contributed by atoms with E-state index < -0.39 is 10.0 Å². The number of nitrogens with zero attached hydrogens (tertiary/aromatic N) is 2. The third kappa shape index (κ3) is 3.42. The van der Waals surface area contributed by atoms with Gasteiger partial charge in [-0.25, -0.2) is 8.42 Å². The van der Waals surface area contributed by atoms with Gasteiger partial charge in [0.1, 0.15) is 4.21 Å². The molecule has 0 N–H and O–H groups in total. The van der Waals surface area contributed by atoms with Crippen LogP contribution >= 0.6 is 22.9 Å². The monoisotopic (exact) mass is 292 g/mol. The SMILES string of the molecule is CC(C)N(CCC#N)S(=O)(=O)c1ccc(Cl)s1. The van der Waals surface area contributed by atoms with Crippen molar-refractivity contribution in [3.8, 4) is 6.07 Å². The highest BCUT2D eigenvalue weighted by atomic mass is 35.5. The van der Waals surface area contributed by atoms with E-state index in [1.165, 1.54) is 10.4 Å². The fraction of sp³-hybridized carbons (Fsp3) is 0.500. The molecule has 0 saturated carbocycles. The zero-order valence-corrected chi connectivity index (χ0v) is 11.9. The van der Waals surface area contributed by atoms with Crippen LogP contribution in [0.1, 0.15) is 20.3 Å². The minimum absolute atomic E-state index is 0.177. The van der Waals surface area contributed by atoms with E-state index in [-0.39, 0.29) is 23.2 Å². The summed E-state index contributed by atoms with van der Waals surface area (Å²) < 4.78 is 26.5. The molecule has 0 saturated heterocycles. The van der Waals surface area contributed by atoms with Crippen molar-refractivity contribution in [1.29, 1.82) is 5.26 Å². The van der Waals surface area contributed by atoms with Crippen molar-refractivity contribution in [3.63, 3.8) is 0 Å². The lowest BCUT2D eigenvalue weighted by Gasteiger charge is -2.23. The molecule has 0 amide bonds. The van der Waals surface area contributed by atoms with Crippen molar-refractivity contribution < 1.29 is 8.42 Å². The maximum absolute atomic E-state index is 12.3. The molecule has 1 rings (SSSR count). The zero-order chi connectivity index (χ0) is 13.1. The highest BCUT2D eigenvalue weighted by Crippen LogP contribution is 2.29. The third-order valence-corrected chi connectivity index (χ3v) is 5.91. The minimum Gasteiger partial charge on any atom is -0.206 e. The van der Waals surface area contributed by atoms with Gasteiger partial charge in [0.25, 0.3) is 10.0 Å². The van der Waals surface area contributed by atoms with Crippen LogP contribution < -0.4 is 0 Å². The Labute approximate surface area is 110 Å². The fourth-order valence-corrected chi connectivity index (χ4v) is 4.62. The molecule has 0 spiro atoms. The van der Waals surface area contributed by atoms with Crippen LogP contribution in [0.5, 0.6) is 0 Å². The van der Waals surface area contributed by atoms with Crippen LogP contribution in [0.2, 0.25) is 4.34 Å². The van der Waals surface area contributed by atoms with Crippen molar-refractivity contribution in [3.05, 3.63) is 16.5 Å². The maximum Gasteiger partial charge on any atom is 0.252 e. The number of sulfonamides is 1. The van der Waals surface area contributed by atoms with Gasteiger partial charge in [0.15, 0.2) is 0 Å². The largest absolute Gasteiger partial charge is 0.252 e. The minimum atomic E-state index is -3.54. The summed E-state index contributed by atoms with van der Waals surface area (Å²) in [5.74, 6) is 0. The molecule has 0 unspecified atom stereocenters. The molecule has 7 heteroatoms. The normalized spacial score (nSPS) is 12.0. The van der Waals surface area contributed by atoms with Gasteiger partial charge in [-0.3, -0.25) is 0 Å². The van der Waals surface area contributed by atoms with E-state index in [9.17, 15) is 8.42 Å². The molecule has 17 heavy (non-hydrogen) atoms. The first-order valence-electron chi connectivity index (χ1n) is 5.03. The summed E-state index contributed by atoms with van der Waals surface area (Å²) in [6.07, 6.45) is 0.177. The van der Waals surface area contributed by atoms with E-state index in [4.69, 9.17) is 16.9 Å². The lowest BCUT2D eigenvalue weighted by Crippen LogP contribution is -2.37. The predicted octanol–water partition coefficient (Wildman–Crippen LogP) is 2.71. The number of rotatable bonds is 5. The zero-order valence-electron chi connectivity index (χ0n) is 9.55. The fourth-order valence-electron chi connectivity index (χ4n) is 1.37. The van der Waals surface area contributed by atoms with Gasteiger partial charge in [-0.05, 0) is 26.0 Å². The van der Waals surface area contributed by atoms with E-state index in [0.29, 0.717) is 4.34 Å². The van der Waals surface area contributed by atoms with Gasteiger partial charge in [-0.2, -0.15) is 9.57 Å². The third-order valence-electron chi connectivity index (χ3n) is 2.13. The standard InChI is InChI=1S/C10H13ClN2O2S2/c1-8(2)13(7-3-6-12)17(14,15)10-5-4-9(11)16-10/h4-5,8H,3,7H2,1-2H3. The van der Waals surface area contributed by atoms with Crippen LogP contribution in [0.3, 0.4) is 0 Å². The number of thiophene rings is 1. The smallest absolute Gasteiger partial charge is 0.206 e. The molecule has 0 aliphatic carbocycles. The lowest BCUT2D eigenvalue weighted by atomic mass is 10.3. The van der Waals surface area contributed by atoms with E-state index in [1.54, 1.807) is 19.9 Å². The molecule has 1 aromatic heterocycles. The molecule has 1 heterocycles. The van der Waals surface area contributed by atoms with Crippen molar-refractivity contribution >= 4 is 33.0 Å². The summed E-state index contributed by atoms with van der Waals surface area (Å²) in [5.41, 5.74) is 0. The first kappa shape index (κ1) is 14.5. The van der Waals surface area contributed by atoms with Crippen molar-refractivity contribution in [2.45, 2.75) is 30.5 Å². The number of halogens is 1. The Morgan fingerprint density at radius 1 is 1.53 bits per heavy atom. The Hall–Kier alpha value is -0.610. The Morgan fingerprint density at radius 3 is 2.59 bits per heavy atom. The Kier molecular flexibility index (Phi) is 4.95. The Morgan fingerprint density at radius 2 is 2.18 bits per heavy atom. The predicted molar refractivity (Wildman–Crippen MR) is 68.6 cm³/mol. The van der Waals surface area contributed by atoms with Crippen molar-refractivity contribution in [2.75, 3.05) is 6.54 Å². The van der Waals surface area contributed by atoms with E-state index >= 15 is 0 Å². The summed E-state index contributed by atoms with van der Waals surface area (Å²) in [7, 11) is -3.54. The average Bonchev–Trinajstić information content (AvgIpc) is 2.65. The molecule has 0 radical (unpaired) electrons.